The van der Waals surface area contributed by atoms with Crippen LogP contribution < -0.4 is 16.0 Å². The first kappa shape index (κ1) is 22.2. The van der Waals surface area contributed by atoms with Gasteiger partial charge in [0.05, 0.1) is 11.4 Å². The molecule has 0 spiro atoms. The van der Waals surface area contributed by atoms with E-state index in [9.17, 15) is 9.59 Å². The van der Waals surface area contributed by atoms with Crippen molar-refractivity contribution >= 4 is 46.6 Å². The van der Waals surface area contributed by atoms with Crippen molar-refractivity contribution in [1.29, 1.82) is 0 Å². The Balaban J connectivity index is 1.30. The molecule has 1 unspecified atom stereocenters. The molecule has 1 aliphatic heterocycles. The van der Waals surface area contributed by atoms with Gasteiger partial charge < -0.3 is 16.0 Å². The summed E-state index contributed by atoms with van der Waals surface area (Å²) in [6, 6.07) is 22.7. The maximum atomic E-state index is 12.6. The lowest BCUT2D eigenvalue weighted by Crippen LogP contribution is -2.40. The molecule has 0 radical (unpaired) electrons. The summed E-state index contributed by atoms with van der Waals surface area (Å²) in [4.78, 5) is 25.1. The Morgan fingerprint density at radius 3 is 2.59 bits per heavy atom. The van der Waals surface area contributed by atoms with Gasteiger partial charge in [0, 0.05) is 28.6 Å². The SMILES string of the molecule is O=C(NCCc1ccccc1)c1ccc2c(c1)NC(=O)C(CSCc1cccc(Cl)c1)N2. The van der Waals surface area contributed by atoms with Gasteiger partial charge in [0.2, 0.25) is 5.91 Å². The van der Waals surface area contributed by atoms with Crippen molar-refractivity contribution in [1.82, 2.24) is 5.32 Å². The highest BCUT2D eigenvalue weighted by Crippen LogP contribution is 2.29. The highest BCUT2D eigenvalue weighted by molar-refractivity contribution is 7.98. The molecule has 2 amide bonds. The molecule has 32 heavy (non-hydrogen) atoms. The molecule has 3 aromatic rings. The molecule has 3 aromatic carbocycles. The number of hydrogen-bond acceptors (Lipinski definition) is 4. The third-order valence-corrected chi connectivity index (χ3v) is 6.51. The molecule has 1 atom stereocenters. The minimum atomic E-state index is -0.336. The van der Waals surface area contributed by atoms with Crippen molar-refractivity contribution in [3.05, 3.63) is 94.5 Å². The number of nitrogens with one attached hydrogen (secondary N) is 3. The van der Waals surface area contributed by atoms with Crippen LogP contribution in [0.1, 0.15) is 21.5 Å². The largest absolute Gasteiger partial charge is 0.371 e. The monoisotopic (exact) mass is 465 g/mol. The van der Waals surface area contributed by atoms with Gasteiger partial charge in [0.25, 0.3) is 5.91 Å². The van der Waals surface area contributed by atoms with Crippen LogP contribution in [-0.4, -0.2) is 30.2 Å². The predicted octanol–water partition coefficient (Wildman–Crippen LogP) is 4.98. The maximum absolute atomic E-state index is 12.6. The number of hydrogen-bond donors (Lipinski definition) is 3. The number of fused-ring (bicyclic) bond motifs is 1. The molecule has 1 heterocycles. The van der Waals surface area contributed by atoms with Crippen LogP contribution in [-0.2, 0) is 17.0 Å². The maximum Gasteiger partial charge on any atom is 0.251 e. The summed E-state index contributed by atoms with van der Waals surface area (Å²) in [5.74, 6) is 1.15. The lowest BCUT2D eigenvalue weighted by Gasteiger charge is -2.27. The fraction of sp³-hybridized carbons (Fsp3) is 0.200. The van der Waals surface area contributed by atoms with E-state index in [4.69, 9.17) is 11.6 Å². The smallest absolute Gasteiger partial charge is 0.251 e. The first-order chi connectivity index (χ1) is 15.6. The van der Waals surface area contributed by atoms with Gasteiger partial charge in [-0.15, -0.1) is 0 Å². The molecule has 164 valence electrons. The van der Waals surface area contributed by atoms with Crippen LogP contribution in [0.3, 0.4) is 0 Å². The highest BCUT2D eigenvalue weighted by atomic mass is 35.5. The fourth-order valence-electron chi connectivity index (χ4n) is 3.49. The zero-order chi connectivity index (χ0) is 22.3. The third kappa shape index (κ3) is 5.84. The second kappa shape index (κ2) is 10.6. The summed E-state index contributed by atoms with van der Waals surface area (Å²) < 4.78 is 0. The molecule has 0 aromatic heterocycles. The molecule has 0 saturated heterocycles. The standard InChI is InChI=1S/C25H24ClN3O2S/c26-20-8-4-7-18(13-20)15-32-16-23-25(31)29-22-14-19(9-10-21(22)28-23)24(30)27-12-11-17-5-2-1-3-6-17/h1-10,13-14,23,28H,11-12,15-16H2,(H,27,30)(H,29,31). The van der Waals surface area contributed by atoms with Crippen molar-refractivity contribution in [2.45, 2.75) is 18.2 Å². The first-order valence-corrected chi connectivity index (χ1v) is 12.0. The van der Waals surface area contributed by atoms with Crippen molar-refractivity contribution < 1.29 is 9.59 Å². The number of halogens is 1. The molecule has 1 aliphatic rings. The predicted molar refractivity (Wildman–Crippen MR) is 133 cm³/mol. The minimum Gasteiger partial charge on any atom is -0.371 e. The Labute approximate surface area is 196 Å². The summed E-state index contributed by atoms with van der Waals surface area (Å²) in [5.41, 5.74) is 4.27. The van der Waals surface area contributed by atoms with E-state index in [1.807, 2.05) is 60.7 Å². The van der Waals surface area contributed by atoms with E-state index in [1.54, 1.807) is 23.9 Å². The Morgan fingerprint density at radius 1 is 0.969 bits per heavy atom. The molecule has 0 fully saturated rings. The van der Waals surface area contributed by atoms with Gasteiger partial charge in [0.1, 0.15) is 6.04 Å². The van der Waals surface area contributed by atoms with Crippen LogP contribution in [0.15, 0.2) is 72.8 Å². The summed E-state index contributed by atoms with van der Waals surface area (Å²) in [7, 11) is 0. The summed E-state index contributed by atoms with van der Waals surface area (Å²) in [6.07, 6.45) is 0.768. The molecular formula is C25H24ClN3O2S. The van der Waals surface area contributed by atoms with Crippen molar-refractivity contribution in [2.75, 3.05) is 22.9 Å². The quantitative estimate of drug-likeness (QED) is 0.439. The lowest BCUT2D eigenvalue weighted by atomic mass is 10.1. The molecule has 0 bridgehead atoms. The summed E-state index contributed by atoms with van der Waals surface area (Å²) in [6.45, 7) is 0.552. The van der Waals surface area contributed by atoms with Gasteiger partial charge in [-0.2, -0.15) is 11.8 Å². The Morgan fingerprint density at radius 2 is 1.78 bits per heavy atom. The Kier molecular flexibility index (Phi) is 7.35. The average molecular weight is 466 g/mol. The normalized spacial score (nSPS) is 14.8. The number of anilines is 2. The molecule has 5 nitrogen and oxygen atoms in total. The van der Waals surface area contributed by atoms with E-state index >= 15 is 0 Å². The van der Waals surface area contributed by atoms with E-state index in [0.29, 0.717) is 28.6 Å². The van der Waals surface area contributed by atoms with Crippen LogP contribution >= 0.6 is 23.4 Å². The zero-order valence-corrected chi connectivity index (χ0v) is 19.0. The van der Waals surface area contributed by atoms with Gasteiger partial charge in [0.15, 0.2) is 0 Å². The van der Waals surface area contributed by atoms with Crippen molar-refractivity contribution in [2.24, 2.45) is 0 Å². The number of thioether (sulfide) groups is 1. The number of amides is 2. The Bertz CT molecular complexity index is 1110. The molecule has 0 aliphatic carbocycles. The summed E-state index contributed by atoms with van der Waals surface area (Å²) >= 11 is 7.70. The number of benzene rings is 3. The van der Waals surface area contributed by atoms with Crippen molar-refractivity contribution in [3.8, 4) is 0 Å². The second-order valence-electron chi connectivity index (χ2n) is 7.58. The Hall–Kier alpha value is -2.96. The molecule has 0 saturated carbocycles. The number of carbonyl (C=O) groups excluding carboxylic acids is 2. The second-order valence-corrected chi connectivity index (χ2v) is 9.05. The van der Waals surface area contributed by atoms with Crippen LogP contribution in [0.5, 0.6) is 0 Å². The van der Waals surface area contributed by atoms with E-state index in [-0.39, 0.29) is 17.9 Å². The lowest BCUT2D eigenvalue weighted by molar-refractivity contribution is -0.116. The minimum absolute atomic E-state index is 0.0993. The molecule has 3 N–H and O–H groups in total. The average Bonchev–Trinajstić information content (AvgIpc) is 2.80. The molecular weight excluding hydrogens is 442 g/mol. The van der Waals surface area contributed by atoms with Crippen LogP contribution in [0, 0.1) is 0 Å². The first-order valence-electron chi connectivity index (χ1n) is 10.4. The van der Waals surface area contributed by atoms with E-state index < -0.39 is 0 Å². The van der Waals surface area contributed by atoms with Crippen LogP contribution in [0.2, 0.25) is 5.02 Å². The van der Waals surface area contributed by atoms with Gasteiger partial charge in [-0.1, -0.05) is 54.1 Å². The fourth-order valence-corrected chi connectivity index (χ4v) is 4.71. The number of carbonyl (C=O) groups is 2. The van der Waals surface area contributed by atoms with E-state index in [1.165, 1.54) is 5.56 Å². The van der Waals surface area contributed by atoms with Crippen molar-refractivity contribution in [3.63, 3.8) is 0 Å². The van der Waals surface area contributed by atoms with Gasteiger partial charge >= 0.3 is 0 Å². The summed E-state index contributed by atoms with van der Waals surface area (Å²) in [5, 5.41) is 9.86. The topological polar surface area (TPSA) is 70.2 Å². The zero-order valence-electron chi connectivity index (χ0n) is 17.4. The van der Waals surface area contributed by atoms with Crippen LogP contribution in [0.25, 0.3) is 0 Å². The van der Waals surface area contributed by atoms with E-state index in [2.05, 4.69) is 16.0 Å². The van der Waals surface area contributed by atoms with Gasteiger partial charge in [-0.3, -0.25) is 9.59 Å². The van der Waals surface area contributed by atoms with Gasteiger partial charge in [-0.25, -0.2) is 0 Å². The number of rotatable bonds is 8. The van der Waals surface area contributed by atoms with E-state index in [0.717, 1.165) is 23.4 Å². The molecule has 7 heteroatoms. The van der Waals surface area contributed by atoms with Crippen LogP contribution in [0.4, 0.5) is 11.4 Å². The molecule has 4 rings (SSSR count). The highest BCUT2D eigenvalue weighted by Gasteiger charge is 2.26. The third-order valence-electron chi connectivity index (χ3n) is 5.17. The van der Waals surface area contributed by atoms with Gasteiger partial charge in [-0.05, 0) is 47.9 Å².